The molecule has 0 aliphatic heterocycles. The molecule has 0 unspecified atom stereocenters. The first kappa shape index (κ1) is 14.2. The third-order valence-corrected chi connectivity index (χ3v) is 2.40. The Labute approximate surface area is 112 Å². The van der Waals surface area contributed by atoms with Gasteiger partial charge in [0.2, 0.25) is 0 Å². The first-order valence-electron chi connectivity index (χ1n) is 5.40. The van der Waals surface area contributed by atoms with Crippen molar-refractivity contribution in [2.45, 2.75) is 20.0 Å². The zero-order valence-corrected chi connectivity index (χ0v) is 10.8. The van der Waals surface area contributed by atoms with E-state index in [-0.39, 0.29) is 12.4 Å². The van der Waals surface area contributed by atoms with Crippen molar-refractivity contribution in [1.82, 2.24) is 10.5 Å². The van der Waals surface area contributed by atoms with Crippen LogP contribution in [0, 0.1) is 18.3 Å². The quantitative estimate of drug-likeness (QED) is 0.921. The highest BCUT2D eigenvalue weighted by Crippen LogP contribution is 2.04. The van der Waals surface area contributed by atoms with Crippen LogP contribution in [0.1, 0.15) is 22.6 Å². The molecule has 0 bridgehead atoms. The second-order valence-corrected chi connectivity index (χ2v) is 3.84. The Morgan fingerprint density at radius 2 is 2.00 bits per heavy atom. The minimum absolute atomic E-state index is 0. The molecule has 0 aliphatic rings. The largest absolute Gasteiger partial charge is 0.361 e. The van der Waals surface area contributed by atoms with Crippen LogP contribution >= 0.6 is 12.4 Å². The van der Waals surface area contributed by atoms with E-state index in [2.05, 4.69) is 16.5 Å². The molecular weight excluding hydrogens is 250 g/mol. The minimum atomic E-state index is 0. The predicted molar refractivity (Wildman–Crippen MR) is 70.2 cm³/mol. The highest BCUT2D eigenvalue weighted by atomic mass is 35.5. The number of halogens is 1. The van der Waals surface area contributed by atoms with E-state index in [0.29, 0.717) is 12.1 Å². The van der Waals surface area contributed by atoms with E-state index in [1.165, 1.54) is 0 Å². The van der Waals surface area contributed by atoms with Crippen molar-refractivity contribution in [3.8, 4) is 6.07 Å². The Kier molecular flexibility index (Phi) is 5.37. The summed E-state index contributed by atoms with van der Waals surface area (Å²) in [5.41, 5.74) is 2.72. The molecule has 5 heteroatoms. The van der Waals surface area contributed by atoms with Gasteiger partial charge in [-0.3, -0.25) is 0 Å². The van der Waals surface area contributed by atoms with Gasteiger partial charge in [-0.25, -0.2) is 0 Å². The fourth-order valence-electron chi connectivity index (χ4n) is 1.53. The highest BCUT2D eigenvalue weighted by molar-refractivity contribution is 5.85. The first-order chi connectivity index (χ1) is 8.28. The standard InChI is InChI=1S/C13H13N3O.ClH/c1-10-6-13(16-17-10)9-15-8-12-4-2-11(7-14)3-5-12;/h2-6,15H,8-9H2,1H3;1H. The average Bonchev–Trinajstić information content (AvgIpc) is 2.76. The molecule has 1 aromatic carbocycles. The summed E-state index contributed by atoms with van der Waals surface area (Å²) in [7, 11) is 0. The van der Waals surface area contributed by atoms with Gasteiger partial charge in [0.05, 0.1) is 17.3 Å². The van der Waals surface area contributed by atoms with Crippen LogP contribution in [-0.4, -0.2) is 5.16 Å². The number of nitrogens with zero attached hydrogens (tertiary/aromatic N) is 2. The molecule has 2 aromatic rings. The summed E-state index contributed by atoms with van der Waals surface area (Å²) in [6, 6.07) is 11.5. The van der Waals surface area contributed by atoms with Gasteiger partial charge in [0.25, 0.3) is 0 Å². The van der Waals surface area contributed by atoms with Crippen LogP contribution in [0.5, 0.6) is 0 Å². The van der Waals surface area contributed by atoms with Gasteiger partial charge in [-0.1, -0.05) is 17.3 Å². The second kappa shape index (κ2) is 6.80. The molecule has 1 N–H and O–H groups in total. The number of hydrogen-bond donors (Lipinski definition) is 1. The van der Waals surface area contributed by atoms with E-state index in [0.717, 1.165) is 23.6 Å². The summed E-state index contributed by atoms with van der Waals surface area (Å²) in [6.07, 6.45) is 0. The third kappa shape index (κ3) is 3.88. The normalized spacial score (nSPS) is 9.56. The van der Waals surface area contributed by atoms with Crippen molar-refractivity contribution < 1.29 is 4.52 Å². The topological polar surface area (TPSA) is 61.9 Å². The molecule has 0 saturated heterocycles. The molecule has 94 valence electrons. The van der Waals surface area contributed by atoms with Crippen molar-refractivity contribution in [3.05, 3.63) is 52.9 Å². The smallest absolute Gasteiger partial charge is 0.133 e. The number of benzene rings is 1. The molecule has 18 heavy (non-hydrogen) atoms. The number of nitriles is 1. The van der Waals surface area contributed by atoms with Crippen molar-refractivity contribution in [3.63, 3.8) is 0 Å². The van der Waals surface area contributed by atoms with E-state index >= 15 is 0 Å². The summed E-state index contributed by atoms with van der Waals surface area (Å²) in [5.74, 6) is 0.820. The van der Waals surface area contributed by atoms with Crippen LogP contribution < -0.4 is 5.32 Å². The summed E-state index contributed by atoms with van der Waals surface area (Å²) in [4.78, 5) is 0. The number of hydrogen-bond acceptors (Lipinski definition) is 4. The Morgan fingerprint density at radius 1 is 1.28 bits per heavy atom. The molecule has 4 nitrogen and oxygen atoms in total. The lowest BCUT2D eigenvalue weighted by atomic mass is 10.1. The van der Waals surface area contributed by atoms with Crippen molar-refractivity contribution in [2.75, 3.05) is 0 Å². The average molecular weight is 264 g/mol. The summed E-state index contributed by atoms with van der Waals surface area (Å²) >= 11 is 0. The zero-order chi connectivity index (χ0) is 12.1. The molecule has 0 radical (unpaired) electrons. The highest BCUT2D eigenvalue weighted by Gasteiger charge is 1.99. The Morgan fingerprint density at radius 3 is 2.56 bits per heavy atom. The maximum absolute atomic E-state index is 8.67. The van der Waals surface area contributed by atoms with Crippen molar-refractivity contribution in [2.24, 2.45) is 0 Å². The van der Waals surface area contributed by atoms with Crippen LogP contribution in [0.4, 0.5) is 0 Å². The molecule has 0 atom stereocenters. The fourth-order valence-corrected chi connectivity index (χ4v) is 1.53. The van der Waals surface area contributed by atoms with Crippen molar-refractivity contribution >= 4 is 12.4 Å². The van der Waals surface area contributed by atoms with Gasteiger partial charge < -0.3 is 9.84 Å². The summed E-state index contributed by atoms with van der Waals surface area (Å²) < 4.78 is 4.97. The van der Waals surface area contributed by atoms with Crippen molar-refractivity contribution in [1.29, 1.82) is 5.26 Å². The molecule has 0 fully saturated rings. The second-order valence-electron chi connectivity index (χ2n) is 3.84. The van der Waals surface area contributed by atoms with Crippen LogP contribution in [0.15, 0.2) is 34.9 Å². The molecule has 1 heterocycles. The molecule has 0 aliphatic carbocycles. The lowest BCUT2D eigenvalue weighted by Gasteiger charge is -2.02. The molecule has 0 saturated carbocycles. The third-order valence-electron chi connectivity index (χ3n) is 2.40. The monoisotopic (exact) mass is 263 g/mol. The Bertz CT molecular complexity index is 528. The maximum atomic E-state index is 8.67. The number of rotatable bonds is 4. The number of nitrogens with one attached hydrogen (secondary N) is 1. The summed E-state index contributed by atoms with van der Waals surface area (Å²) in [6.45, 7) is 3.30. The lowest BCUT2D eigenvalue weighted by molar-refractivity contribution is 0.388. The first-order valence-corrected chi connectivity index (χ1v) is 5.40. The van der Waals surface area contributed by atoms with E-state index < -0.39 is 0 Å². The van der Waals surface area contributed by atoms with Gasteiger partial charge in [-0.15, -0.1) is 12.4 Å². The van der Waals surface area contributed by atoms with Gasteiger partial charge in [-0.2, -0.15) is 5.26 Å². The van der Waals surface area contributed by atoms with Crippen LogP contribution in [0.25, 0.3) is 0 Å². The molecule has 0 spiro atoms. The minimum Gasteiger partial charge on any atom is -0.361 e. The van der Waals surface area contributed by atoms with Gasteiger partial charge in [0.1, 0.15) is 5.76 Å². The van der Waals surface area contributed by atoms with Crippen LogP contribution in [0.2, 0.25) is 0 Å². The lowest BCUT2D eigenvalue weighted by Crippen LogP contribution is -2.12. The van der Waals surface area contributed by atoms with Gasteiger partial charge in [0.15, 0.2) is 0 Å². The van der Waals surface area contributed by atoms with Crippen LogP contribution in [0.3, 0.4) is 0 Å². The predicted octanol–water partition coefficient (Wildman–Crippen LogP) is 2.57. The fraction of sp³-hybridized carbons (Fsp3) is 0.231. The SMILES string of the molecule is Cc1cc(CNCc2ccc(C#N)cc2)no1.Cl. The molecule has 1 aromatic heterocycles. The Balaban J connectivity index is 0.00000162. The summed E-state index contributed by atoms with van der Waals surface area (Å²) in [5, 5.41) is 15.8. The Hall–Kier alpha value is -1.83. The molecule has 2 rings (SSSR count). The maximum Gasteiger partial charge on any atom is 0.133 e. The van der Waals surface area contributed by atoms with E-state index in [9.17, 15) is 0 Å². The molecular formula is C13H14ClN3O. The van der Waals surface area contributed by atoms with Crippen LogP contribution in [-0.2, 0) is 13.1 Å². The van der Waals surface area contributed by atoms with E-state index in [1.807, 2.05) is 37.3 Å². The van der Waals surface area contributed by atoms with Gasteiger partial charge >= 0.3 is 0 Å². The number of aryl methyl sites for hydroxylation is 1. The zero-order valence-electron chi connectivity index (χ0n) is 10.0. The van der Waals surface area contributed by atoms with Gasteiger partial charge in [-0.05, 0) is 24.6 Å². The van der Waals surface area contributed by atoms with E-state index in [4.69, 9.17) is 9.78 Å². The van der Waals surface area contributed by atoms with E-state index in [1.54, 1.807) is 0 Å². The number of aromatic nitrogens is 1. The van der Waals surface area contributed by atoms with Gasteiger partial charge in [0, 0.05) is 19.2 Å². The molecule has 0 amide bonds.